The van der Waals surface area contributed by atoms with Crippen LogP contribution in [0.3, 0.4) is 0 Å². The summed E-state index contributed by atoms with van der Waals surface area (Å²) in [6.45, 7) is 4.88. The van der Waals surface area contributed by atoms with Crippen LogP contribution in [0.2, 0.25) is 0 Å². The SMILES string of the molecule is Cc1ccc(NC(=O)[C@H]2CCN[C@@H](C)C2)cc1NC(=O)c1ccncc1.Cl. The molecule has 0 radical (unpaired) electrons. The van der Waals surface area contributed by atoms with Gasteiger partial charge in [0.1, 0.15) is 0 Å². The van der Waals surface area contributed by atoms with Gasteiger partial charge in [-0.1, -0.05) is 6.07 Å². The van der Waals surface area contributed by atoms with E-state index >= 15 is 0 Å². The molecule has 7 heteroatoms. The molecule has 3 N–H and O–H groups in total. The maximum Gasteiger partial charge on any atom is 0.255 e. The molecule has 3 rings (SSSR count). The number of halogens is 1. The molecule has 27 heavy (non-hydrogen) atoms. The van der Waals surface area contributed by atoms with E-state index in [0.29, 0.717) is 23.0 Å². The predicted molar refractivity (Wildman–Crippen MR) is 109 cm³/mol. The second-order valence-corrected chi connectivity index (χ2v) is 6.79. The fraction of sp³-hybridized carbons (Fsp3) is 0.350. The Morgan fingerprint density at radius 2 is 1.89 bits per heavy atom. The maximum absolute atomic E-state index is 12.5. The van der Waals surface area contributed by atoms with Crippen LogP contribution in [-0.2, 0) is 4.79 Å². The minimum Gasteiger partial charge on any atom is -0.326 e. The Morgan fingerprint density at radius 1 is 1.15 bits per heavy atom. The summed E-state index contributed by atoms with van der Waals surface area (Å²) in [5.74, 6) is -0.151. The normalized spacial score (nSPS) is 18.9. The number of carbonyl (C=O) groups excluding carboxylic acids is 2. The smallest absolute Gasteiger partial charge is 0.255 e. The summed E-state index contributed by atoms with van der Waals surface area (Å²) < 4.78 is 0. The van der Waals surface area contributed by atoms with Gasteiger partial charge in [-0.25, -0.2) is 0 Å². The van der Waals surface area contributed by atoms with Crippen molar-refractivity contribution in [3.63, 3.8) is 0 Å². The zero-order chi connectivity index (χ0) is 18.5. The molecule has 0 unspecified atom stereocenters. The first kappa shape index (κ1) is 20.9. The van der Waals surface area contributed by atoms with Crippen molar-refractivity contribution in [3.8, 4) is 0 Å². The number of aromatic nitrogens is 1. The predicted octanol–water partition coefficient (Wildman–Crippen LogP) is 3.39. The molecule has 1 fully saturated rings. The number of amides is 2. The number of pyridine rings is 1. The minimum atomic E-state index is -0.203. The van der Waals surface area contributed by atoms with Crippen LogP contribution in [0.25, 0.3) is 0 Å². The van der Waals surface area contributed by atoms with Crippen molar-refractivity contribution in [3.05, 3.63) is 53.9 Å². The third-order valence-corrected chi connectivity index (χ3v) is 4.69. The summed E-state index contributed by atoms with van der Waals surface area (Å²) in [7, 11) is 0. The first-order valence-electron chi connectivity index (χ1n) is 8.89. The number of nitrogens with one attached hydrogen (secondary N) is 3. The Morgan fingerprint density at radius 3 is 2.59 bits per heavy atom. The van der Waals surface area contributed by atoms with E-state index in [1.165, 1.54) is 0 Å². The average molecular weight is 389 g/mol. The van der Waals surface area contributed by atoms with Crippen LogP contribution in [-0.4, -0.2) is 29.4 Å². The van der Waals surface area contributed by atoms with Gasteiger partial charge in [-0.3, -0.25) is 14.6 Å². The monoisotopic (exact) mass is 388 g/mol. The van der Waals surface area contributed by atoms with E-state index in [1.807, 2.05) is 19.1 Å². The fourth-order valence-electron chi connectivity index (χ4n) is 3.15. The van der Waals surface area contributed by atoms with Gasteiger partial charge in [0.2, 0.25) is 5.91 Å². The number of anilines is 2. The summed E-state index contributed by atoms with van der Waals surface area (Å²) in [5.41, 5.74) is 2.85. The van der Waals surface area contributed by atoms with Crippen molar-refractivity contribution in [2.24, 2.45) is 5.92 Å². The van der Waals surface area contributed by atoms with Crippen LogP contribution in [0.4, 0.5) is 11.4 Å². The van der Waals surface area contributed by atoms with Crippen LogP contribution >= 0.6 is 12.4 Å². The van der Waals surface area contributed by atoms with Crippen molar-refractivity contribution in [1.82, 2.24) is 10.3 Å². The lowest BCUT2D eigenvalue weighted by Gasteiger charge is -2.27. The molecule has 1 aromatic carbocycles. The van der Waals surface area contributed by atoms with Crippen LogP contribution in [0.1, 0.15) is 35.7 Å². The molecule has 0 bridgehead atoms. The summed E-state index contributed by atoms with van der Waals surface area (Å²) in [5, 5.41) is 9.24. The second kappa shape index (κ2) is 9.48. The van der Waals surface area contributed by atoms with E-state index in [1.54, 1.807) is 30.6 Å². The molecule has 2 amide bonds. The molecule has 1 saturated heterocycles. The van der Waals surface area contributed by atoms with Gasteiger partial charge in [0.25, 0.3) is 5.91 Å². The molecule has 0 saturated carbocycles. The largest absolute Gasteiger partial charge is 0.326 e. The molecule has 0 aliphatic carbocycles. The number of piperidine rings is 1. The zero-order valence-corrected chi connectivity index (χ0v) is 16.3. The number of aryl methyl sites for hydroxylation is 1. The fourth-order valence-corrected chi connectivity index (χ4v) is 3.15. The van der Waals surface area contributed by atoms with Gasteiger partial charge in [-0.15, -0.1) is 12.4 Å². The summed E-state index contributed by atoms with van der Waals surface area (Å²) in [4.78, 5) is 28.8. The van der Waals surface area contributed by atoms with Crippen LogP contribution in [0.15, 0.2) is 42.7 Å². The highest BCUT2D eigenvalue weighted by atomic mass is 35.5. The number of carbonyl (C=O) groups is 2. The molecule has 2 atom stereocenters. The number of nitrogens with zero attached hydrogens (tertiary/aromatic N) is 1. The summed E-state index contributed by atoms with van der Waals surface area (Å²) >= 11 is 0. The molecule has 1 aromatic heterocycles. The van der Waals surface area contributed by atoms with E-state index in [9.17, 15) is 9.59 Å². The Hall–Kier alpha value is -2.44. The van der Waals surface area contributed by atoms with Gasteiger partial charge in [0, 0.05) is 41.3 Å². The van der Waals surface area contributed by atoms with Crippen LogP contribution in [0, 0.1) is 12.8 Å². The van der Waals surface area contributed by atoms with Crippen molar-refractivity contribution in [2.75, 3.05) is 17.2 Å². The molecule has 0 spiro atoms. The van der Waals surface area contributed by atoms with Crippen molar-refractivity contribution < 1.29 is 9.59 Å². The first-order chi connectivity index (χ1) is 12.5. The number of rotatable bonds is 4. The van der Waals surface area contributed by atoms with E-state index in [-0.39, 0.29) is 30.1 Å². The molecular formula is C20H25ClN4O2. The van der Waals surface area contributed by atoms with Gasteiger partial charge in [0.15, 0.2) is 0 Å². The Kier molecular flexibility index (Phi) is 7.33. The maximum atomic E-state index is 12.5. The van der Waals surface area contributed by atoms with Crippen LogP contribution in [0.5, 0.6) is 0 Å². The van der Waals surface area contributed by atoms with Crippen molar-refractivity contribution in [2.45, 2.75) is 32.7 Å². The quantitative estimate of drug-likeness (QED) is 0.749. The molecular weight excluding hydrogens is 364 g/mol. The molecule has 144 valence electrons. The van der Waals surface area contributed by atoms with Gasteiger partial charge < -0.3 is 16.0 Å². The van der Waals surface area contributed by atoms with Gasteiger partial charge in [0.05, 0.1) is 0 Å². The van der Waals surface area contributed by atoms with E-state index in [2.05, 4.69) is 27.9 Å². The molecule has 1 aliphatic heterocycles. The Labute approximate surface area is 165 Å². The Balaban J connectivity index is 0.00000261. The van der Waals surface area contributed by atoms with E-state index < -0.39 is 0 Å². The highest BCUT2D eigenvalue weighted by Gasteiger charge is 2.24. The van der Waals surface area contributed by atoms with Crippen molar-refractivity contribution >= 4 is 35.6 Å². The average Bonchev–Trinajstić information content (AvgIpc) is 2.65. The molecule has 2 heterocycles. The zero-order valence-electron chi connectivity index (χ0n) is 15.5. The Bertz CT molecular complexity index is 798. The lowest BCUT2D eigenvalue weighted by molar-refractivity contribution is -0.120. The van der Waals surface area contributed by atoms with Gasteiger partial charge >= 0.3 is 0 Å². The number of benzene rings is 1. The highest BCUT2D eigenvalue weighted by molar-refractivity contribution is 6.05. The minimum absolute atomic E-state index is 0. The molecule has 1 aliphatic rings. The summed E-state index contributed by atoms with van der Waals surface area (Å²) in [6, 6.07) is 9.23. The first-order valence-corrected chi connectivity index (χ1v) is 8.89. The third kappa shape index (κ3) is 5.52. The number of hydrogen-bond donors (Lipinski definition) is 3. The topological polar surface area (TPSA) is 83.1 Å². The molecule has 6 nitrogen and oxygen atoms in total. The van der Waals surface area contributed by atoms with E-state index in [0.717, 1.165) is 24.9 Å². The highest BCUT2D eigenvalue weighted by Crippen LogP contribution is 2.23. The lowest BCUT2D eigenvalue weighted by Crippen LogP contribution is -2.40. The standard InChI is InChI=1S/C20H24N4O2.ClH/c1-13-3-4-17(23-20(26)16-7-10-22-14(2)11-16)12-18(13)24-19(25)15-5-8-21-9-6-15;/h3-6,8-9,12,14,16,22H,7,10-11H2,1-2H3,(H,23,26)(H,24,25);1H/t14-,16-;/m0./s1. The van der Waals surface area contributed by atoms with Gasteiger partial charge in [-0.2, -0.15) is 0 Å². The summed E-state index contributed by atoms with van der Waals surface area (Å²) in [6.07, 6.45) is 4.84. The molecule has 2 aromatic rings. The van der Waals surface area contributed by atoms with Crippen molar-refractivity contribution in [1.29, 1.82) is 0 Å². The van der Waals surface area contributed by atoms with E-state index in [4.69, 9.17) is 0 Å². The lowest BCUT2D eigenvalue weighted by atomic mass is 9.92. The van der Waals surface area contributed by atoms with Crippen LogP contribution < -0.4 is 16.0 Å². The number of hydrogen-bond acceptors (Lipinski definition) is 4. The second-order valence-electron chi connectivity index (χ2n) is 6.79. The third-order valence-electron chi connectivity index (χ3n) is 4.69. The van der Waals surface area contributed by atoms with Gasteiger partial charge in [-0.05, 0) is 63.1 Å².